The van der Waals surface area contributed by atoms with E-state index in [1.165, 1.54) is 0 Å². The van der Waals surface area contributed by atoms with Crippen LogP contribution in [-0.2, 0) is 4.79 Å². The lowest BCUT2D eigenvalue weighted by Crippen LogP contribution is -2.41. The van der Waals surface area contributed by atoms with Crippen molar-refractivity contribution in [3.05, 3.63) is 12.2 Å². The normalized spacial score (nSPS) is 44.6. The van der Waals surface area contributed by atoms with Gasteiger partial charge >= 0.3 is 0 Å². The summed E-state index contributed by atoms with van der Waals surface area (Å²) in [5, 5.41) is 0.143. The van der Waals surface area contributed by atoms with Crippen molar-refractivity contribution in [1.29, 1.82) is 0 Å². The second kappa shape index (κ2) is 3.13. The molecule has 0 heterocycles. The van der Waals surface area contributed by atoms with Gasteiger partial charge in [-0.3, -0.25) is 4.79 Å². The van der Waals surface area contributed by atoms with Crippen molar-refractivity contribution in [2.45, 2.75) is 38.0 Å². The van der Waals surface area contributed by atoms with E-state index in [2.05, 4.69) is 6.92 Å². The summed E-state index contributed by atoms with van der Waals surface area (Å²) in [5.41, 5.74) is -0.191. The Morgan fingerprint density at radius 1 is 1.62 bits per heavy atom. The summed E-state index contributed by atoms with van der Waals surface area (Å²) in [7, 11) is 0. The van der Waals surface area contributed by atoms with E-state index < -0.39 is 0 Å². The number of alkyl halides is 1. The predicted molar refractivity (Wildman–Crippen MR) is 53.9 cm³/mol. The molecule has 0 radical (unpaired) electrons. The zero-order chi connectivity index (χ0) is 9.47. The van der Waals surface area contributed by atoms with Crippen LogP contribution in [0, 0.1) is 11.3 Å². The van der Waals surface area contributed by atoms with Crippen molar-refractivity contribution in [2.24, 2.45) is 11.3 Å². The Balaban J connectivity index is 2.30. The van der Waals surface area contributed by atoms with E-state index in [0.717, 1.165) is 25.7 Å². The molecule has 0 aromatic rings. The zero-order valence-electron chi connectivity index (χ0n) is 7.92. The molecule has 2 aliphatic carbocycles. The molecular formula is C11H15ClO. The molecule has 0 aliphatic heterocycles. The van der Waals surface area contributed by atoms with Crippen LogP contribution in [0.2, 0.25) is 0 Å². The van der Waals surface area contributed by atoms with Crippen LogP contribution in [0.3, 0.4) is 0 Å². The molecule has 1 nitrogen and oxygen atoms in total. The average Bonchev–Trinajstić information content (AvgIpc) is 2.09. The number of Topliss-reactive ketones (excluding diaryl/α,β-unsaturated/α-hetero) is 1. The molecule has 1 saturated carbocycles. The van der Waals surface area contributed by atoms with Crippen molar-refractivity contribution >= 4 is 17.4 Å². The highest BCUT2D eigenvalue weighted by molar-refractivity contribution is 6.22. The molecule has 0 saturated heterocycles. The van der Waals surface area contributed by atoms with E-state index in [0.29, 0.717) is 11.7 Å². The Morgan fingerprint density at radius 2 is 2.38 bits per heavy atom. The third-order valence-corrected chi connectivity index (χ3v) is 3.89. The van der Waals surface area contributed by atoms with Crippen molar-refractivity contribution < 1.29 is 4.79 Å². The Kier molecular flexibility index (Phi) is 2.23. The van der Waals surface area contributed by atoms with Gasteiger partial charge in [0.15, 0.2) is 0 Å². The number of ketones is 1. The van der Waals surface area contributed by atoms with Crippen molar-refractivity contribution in [1.82, 2.24) is 0 Å². The molecular weight excluding hydrogens is 184 g/mol. The molecule has 72 valence electrons. The van der Waals surface area contributed by atoms with Crippen LogP contribution in [-0.4, -0.2) is 11.2 Å². The molecule has 0 N–H and O–H groups in total. The Morgan fingerprint density at radius 3 is 3.15 bits per heavy atom. The van der Waals surface area contributed by atoms with Crippen molar-refractivity contribution in [2.75, 3.05) is 0 Å². The van der Waals surface area contributed by atoms with Crippen LogP contribution in [0.5, 0.6) is 0 Å². The maximum absolute atomic E-state index is 11.8. The molecule has 2 aliphatic rings. The molecule has 0 unspecified atom stereocenters. The summed E-state index contributed by atoms with van der Waals surface area (Å²) >= 11 is 6.05. The molecule has 2 rings (SSSR count). The number of hydrogen-bond donors (Lipinski definition) is 0. The molecule has 1 fully saturated rings. The third-order valence-electron chi connectivity index (χ3n) is 3.57. The molecule has 0 aromatic heterocycles. The molecule has 0 amide bonds. The summed E-state index contributed by atoms with van der Waals surface area (Å²) in [5.74, 6) is 0.893. The number of rotatable bonds is 0. The first-order valence-corrected chi connectivity index (χ1v) is 5.43. The highest BCUT2D eigenvalue weighted by Gasteiger charge is 2.43. The van der Waals surface area contributed by atoms with E-state index >= 15 is 0 Å². The number of carbonyl (C=O) groups excluding carboxylic acids is 1. The Bertz CT molecular complexity index is 259. The highest BCUT2D eigenvalue weighted by Crippen LogP contribution is 2.45. The number of fused-ring (bicyclic) bond motifs is 1. The fourth-order valence-corrected chi connectivity index (χ4v) is 2.84. The van der Waals surface area contributed by atoms with Gasteiger partial charge in [-0.15, -0.1) is 11.6 Å². The van der Waals surface area contributed by atoms with Gasteiger partial charge in [0.1, 0.15) is 5.78 Å². The van der Waals surface area contributed by atoms with E-state index in [4.69, 9.17) is 11.6 Å². The second-order valence-electron chi connectivity index (χ2n) is 4.41. The van der Waals surface area contributed by atoms with Crippen LogP contribution < -0.4 is 0 Å². The van der Waals surface area contributed by atoms with Crippen LogP contribution in [0.4, 0.5) is 0 Å². The first kappa shape index (κ1) is 9.26. The molecule has 0 bridgehead atoms. The first-order chi connectivity index (χ1) is 6.13. The smallest absolute Gasteiger partial charge is 0.142 e. The summed E-state index contributed by atoms with van der Waals surface area (Å²) in [6, 6.07) is 0. The Hall–Kier alpha value is -0.300. The minimum absolute atomic E-state index is 0.143. The lowest BCUT2D eigenvalue weighted by Gasteiger charge is -2.41. The van der Waals surface area contributed by atoms with Gasteiger partial charge in [0.2, 0.25) is 0 Å². The number of allylic oxidation sites excluding steroid dienone is 2. The van der Waals surface area contributed by atoms with Crippen LogP contribution in [0.1, 0.15) is 32.6 Å². The van der Waals surface area contributed by atoms with Crippen LogP contribution in [0.15, 0.2) is 12.2 Å². The van der Waals surface area contributed by atoms with E-state index in [1.807, 2.05) is 12.2 Å². The fourth-order valence-electron chi connectivity index (χ4n) is 2.55. The predicted octanol–water partition coefficient (Wildman–Crippen LogP) is 2.93. The summed E-state index contributed by atoms with van der Waals surface area (Å²) in [4.78, 5) is 11.8. The molecule has 0 aromatic carbocycles. The largest absolute Gasteiger partial charge is 0.299 e. The van der Waals surface area contributed by atoms with Crippen molar-refractivity contribution in [3.8, 4) is 0 Å². The van der Waals surface area contributed by atoms with Gasteiger partial charge in [0, 0.05) is 11.8 Å². The van der Waals surface area contributed by atoms with Gasteiger partial charge in [-0.1, -0.05) is 12.2 Å². The maximum atomic E-state index is 11.8. The summed E-state index contributed by atoms with van der Waals surface area (Å²) in [6.07, 6.45) is 7.97. The van der Waals surface area contributed by atoms with E-state index in [1.54, 1.807) is 0 Å². The molecule has 13 heavy (non-hydrogen) atoms. The lowest BCUT2D eigenvalue weighted by molar-refractivity contribution is -0.131. The van der Waals surface area contributed by atoms with Gasteiger partial charge in [0.05, 0.1) is 5.38 Å². The van der Waals surface area contributed by atoms with Gasteiger partial charge in [-0.2, -0.15) is 0 Å². The average molecular weight is 199 g/mol. The second-order valence-corrected chi connectivity index (χ2v) is 4.97. The molecule has 0 spiro atoms. The van der Waals surface area contributed by atoms with E-state index in [9.17, 15) is 4.79 Å². The monoisotopic (exact) mass is 198 g/mol. The topological polar surface area (TPSA) is 17.1 Å². The molecule has 2 heteroatoms. The van der Waals surface area contributed by atoms with Crippen LogP contribution >= 0.6 is 11.6 Å². The van der Waals surface area contributed by atoms with Gasteiger partial charge in [-0.05, 0) is 32.1 Å². The SMILES string of the molecule is C[C@]12C=C[C@@H](Cl)C[C@H]1CCCC2=O. The first-order valence-electron chi connectivity index (χ1n) is 4.99. The van der Waals surface area contributed by atoms with Gasteiger partial charge < -0.3 is 0 Å². The standard InChI is InChI=1S/C11H15ClO/c1-11-6-5-9(12)7-8(11)3-2-4-10(11)13/h5-6,8-9H,2-4,7H2,1H3/t8-,9-,11+/m1/s1. The van der Waals surface area contributed by atoms with Gasteiger partial charge in [-0.25, -0.2) is 0 Å². The lowest BCUT2D eigenvalue weighted by atomic mass is 9.63. The van der Waals surface area contributed by atoms with E-state index in [-0.39, 0.29) is 10.8 Å². The quantitative estimate of drug-likeness (QED) is 0.432. The van der Waals surface area contributed by atoms with Crippen molar-refractivity contribution in [3.63, 3.8) is 0 Å². The molecule has 3 atom stereocenters. The maximum Gasteiger partial charge on any atom is 0.142 e. The number of hydrogen-bond acceptors (Lipinski definition) is 1. The van der Waals surface area contributed by atoms with Gasteiger partial charge in [0.25, 0.3) is 0 Å². The fraction of sp³-hybridized carbons (Fsp3) is 0.727. The number of carbonyl (C=O) groups is 1. The third kappa shape index (κ3) is 1.43. The summed E-state index contributed by atoms with van der Waals surface area (Å²) in [6.45, 7) is 2.07. The minimum atomic E-state index is -0.191. The Labute approximate surface area is 84.2 Å². The highest BCUT2D eigenvalue weighted by atomic mass is 35.5. The number of halogens is 1. The zero-order valence-corrected chi connectivity index (χ0v) is 8.68. The minimum Gasteiger partial charge on any atom is -0.299 e. The summed E-state index contributed by atoms with van der Waals surface area (Å²) < 4.78 is 0. The van der Waals surface area contributed by atoms with Crippen LogP contribution in [0.25, 0.3) is 0 Å².